The molecule has 5 heteroatoms. The molecular formula is C23H25NO4. The van der Waals surface area contributed by atoms with E-state index >= 15 is 0 Å². The van der Waals surface area contributed by atoms with Gasteiger partial charge in [0.1, 0.15) is 17.2 Å². The van der Waals surface area contributed by atoms with Crippen LogP contribution in [0.4, 0.5) is 0 Å². The third-order valence-corrected chi connectivity index (χ3v) is 4.66. The van der Waals surface area contributed by atoms with Crippen molar-refractivity contribution in [3.63, 3.8) is 0 Å². The molecule has 0 saturated carbocycles. The van der Waals surface area contributed by atoms with Gasteiger partial charge in [-0.3, -0.25) is 0 Å². The van der Waals surface area contributed by atoms with Crippen molar-refractivity contribution < 1.29 is 19.0 Å². The molecule has 0 saturated heterocycles. The second-order valence-electron chi connectivity index (χ2n) is 6.21. The zero-order valence-corrected chi connectivity index (χ0v) is 16.7. The molecular weight excluding hydrogens is 354 g/mol. The molecule has 0 unspecified atom stereocenters. The summed E-state index contributed by atoms with van der Waals surface area (Å²) >= 11 is 0. The van der Waals surface area contributed by atoms with Crippen molar-refractivity contribution in [2.45, 2.75) is 20.4 Å². The highest BCUT2D eigenvalue weighted by Crippen LogP contribution is 2.37. The molecule has 28 heavy (non-hydrogen) atoms. The molecule has 146 valence electrons. The second kappa shape index (κ2) is 8.65. The van der Waals surface area contributed by atoms with Crippen LogP contribution in [0, 0.1) is 0 Å². The minimum atomic E-state index is -0.320. The van der Waals surface area contributed by atoms with Gasteiger partial charge in [-0.15, -0.1) is 0 Å². The van der Waals surface area contributed by atoms with E-state index in [0.29, 0.717) is 18.8 Å². The average molecular weight is 379 g/mol. The Labute approximate surface area is 165 Å². The smallest absolute Gasteiger partial charge is 0.354 e. The summed E-state index contributed by atoms with van der Waals surface area (Å²) < 4.78 is 17.8. The van der Waals surface area contributed by atoms with E-state index in [1.165, 1.54) is 0 Å². The highest BCUT2D eigenvalue weighted by molar-refractivity contribution is 5.94. The Morgan fingerprint density at radius 3 is 1.86 bits per heavy atom. The molecule has 5 nitrogen and oxygen atoms in total. The Morgan fingerprint density at radius 2 is 1.39 bits per heavy atom. The molecule has 3 rings (SSSR count). The van der Waals surface area contributed by atoms with Gasteiger partial charge in [-0.2, -0.15) is 0 Å². The summed E-state index contributed by atoms with van der Waals surface area (Å²) in [7, 11) is 3.29. The second-order valence-corrected chi connectivity index (χ2v) is 6.21. The first-order valence-corrected chi connectivity index (χ1v) is 9.32. The van der Waals surface area contributed by atoms with E-state index in [1.54, 1.807) is 14.2 Å². The lowest BCUT2D eigenvalue weighted by molar-refractivity contribution is 0.0514. The number of aromatic nitrogens is 1. The third kappa shape index (κ3) is 3.74. The van der Waals surface area contributed by atoms with Crippen LogP contribution < -0.4 is 9.47 Å². The Morgan fingerprint density at radius 1 is 0.857 bits per heavy atom. The number of carbonyl (C=O) groups excluding carboxylic acids is 1. The number of esters is 1. The number of rotatable bonds is 7. The lowest BCUT2D eigenvalue weighted by atomic mass is 10.0. The van der Waals surface area contributed by atoms with Crippen molar-refractivity contribution in [1.82, 2.24) is 4.57 Å². The summed E-state index contributed by atoms with van der Waals surface area (Å²) in [6.45, 7) is 4.81. The Bertz CT molecular complexity index is 940. The van der Waals surface area contributed by atoms with Gasteiger partial charge in [-0.25, -0.2) is 4.79 Å². The number of benzene rings is 2. The van der Waals surface area contributed by atoms with Gasteiger partial charge >= 0.3 is 5.97 Å². The van der Waals surface area contributed by atoms with Crippen LogP contribution in [0.3, 0.4) is 0 Å². The molecule has 0 N–H and O–H groups in total. The molecule has 1 aromatic heterocycles. The van der Waals surface area contributed by atoms with Gasteiger partial charge in [-0.05, 0) is 67.4 Å². The van der Waals surface area contributed by atoms with Gasteiger partial charge in [-0.1, -0.05) is 12.1 Å². The fourth-order valence-corrected chi connectivity index (χ4v) is 3.30. The monoisotopic (exact) mass is 379 g/mol. The molecule has 0 spiro atoms. The summed E-state index contributed by atoms with van der Waals surface area (Å²) in [5.74, 6) is 1.25. The number of hydrogen-bond donors (Lipinski definition) is 0. The molecule has 0 atom stereocenters. The van der Waals surface area contributed by atoms with Crippen LogP contribution in [0.5, 0.6) is 11.5 Å². The SMILES string of the molecule is CCOC(=O)c1cc(-c2ccc(OC)cc2)c(-c2ccc(OC)cc2)n1CC. The number of nitrogens with zero attached hydrogens (tertiary/aromatic N) is 1. The minimum Gasteiger partial charge on any atom is -0.497 e. The van der Waals surface area contributed by atoms with Crippen LogP contribution in [-0.4, -0.2) is 31.4 Å². The maximum atomic E-state index is 12.6. The number of methoxy groups -OCH3 is 2. The van der Waals surface area contributed by atoms with Gasteiger partial charge in [0, 0.05) is 12.1 Å². The Balaban J connectivity index is 2.21. The lowest BCUT2D eigenvalue weighted by Gasteiger charge is -2.13. The first kappa shape index (κ1) is 19.5. The lowest BCUT2D eigenvalue weighted by Crippen LogP contribution is -2.12. The topological polar surface area (TPSA) is 49.7 Å². The van der Waals surface area contributed by atoms with E-state index < -0.39 is 0 Å². The zero-order chi connectivity index (χ0) is 20.1. The average Bonchev–Trinajstić information content (AvgIpc) is 3.13. The summed E-state index contributed by atoms with van der Waals surface area (Å²) in [6.07, 6.45) is 0. The van der Waals surface area contributed by atoms with Crippen molar-refractivity contribution in [3.8, 4) is 33.9 Å². The van der Waals surface area contributed by atoms with Crippen molar-refractivity contribution in [2.75, 3.05) is 20.8 Å². The fourth-order valence-electron chi connectivity index (χ4n) is 3.30. The van der Waals surface area contributed by atoms with Crippen LogP contribution >= 0.6 is 0 Å². The normalized spacial score (nSPS) is 10.6. The maximum Gasteiger partial charge on any atom is 0.354 e. The molecule has 2 aromatic carbocycles. The molecule has 0 aliphatic heterocycles. The molecule has 3 aromatic rings. The number of carbonyl (C=O) groups is 1. The van der Waals surface area contributed by atoms with Gasteiger partial charge in [0.05, 0.1) is 26.5 Å². The van der Waals surface area contributed by atoms with Gasteiger partial charge in [0.2, 0.25) is 0 Å². The van der Waals surface area contributed by atoms with Crippen molar-refractivity contribution >= 4 is 5.97 Å². The minimum absolute atomic E-state index is 0.320. The van der Waals surface area contributed by atoms with Gasteiger partial charge in [0.25, 0.3) is 0 Å². The molecule has 1 heterocycles. The van der Waals surface area contributed by atoms with Crippen LogP contribution in [-0.2, 0) is 11.3 Å². The van der Waals surface area contributed by atoms with E-state index in [9.17, 15) is 4.79 Å². The molecule has 0 aliphatic carbocycles. The van der Waals surface area contributed by atoms with Crippen molar-refractivity contribution in [1.29, 1.82) is 0 Å². The van der Waals surface area contributed by atoms with Crippen LogP contribution in [0.2, 0.25) is 0 Å². The van der Waals surface area contributed by atoms with Crippen LogP contribution in [0.1, 0.15) is 24.3 Å². The molecule has 0 radical (unpaired) electrons. The molecule has 0 aliphatic rings. The Hall–Kier alpha value is -3.21. The van der Waals surface area contributed by atoms with Gasteiger partial charge < -0.3 is 18.8 Å². The summed E-state index contributed by atoms with van der Waals surface area (Å²) in [6, 6.07) is 17.6. The van der Waals surface area contributed by atoms with E-state index in [4.69, 9.17) is 14.2 Å². The van der Waals surface area contributed by atoms with Crippen molar-refractivity contribution in [2.24, 2.45) is 0 Å². The number of hydrogen-bond acceptors (Lipinski definition) is 4. The Kier molecular flexibility index (Phi) is 6.04. The largest absolute Gasteiger partial charge is 0.497 e. The first-order chi connectivity index (χ1) is 13.6. The molecule has 0 bridgehead atoms. The van der Waals surface area contributed by atoms with Gasteiger partial charge in [0.15, 0.2) is 0 Å². The predicted molar refractivity (Wildman–Crippen MR) is 110 cm³/mol. The fraction of sp³-hybridized carbons (Fsp3) is 0.261. The maximum absolute atomic E-state index is 12.6. The van der Waals surface area contributed by atoms with E-state index in [1.807, 2.05) is 73.0 Å². The first-order valence-electron chi connectivity index (χ1n) is 9.32. The standard InChI is InChI=1S/C23H25NO4/c1-5-24-21(23(25)28-6-2)15-20(16-7-11-18(26-3)12-8-16)22(24)17-9-13-19(27-4)14-10-17/h7-15H,5-6H2,1-4H3. The molecule has 0 fully saturated rings. The predicted octanol–water partition coefficient (Wildman–Crippen LogP) is 5.04. The molecule has 0 amide bonds. The van der Waals surface area contributed by atoms with Crippen molar-refractivity contribution in [3.05, 3.63) is 60.3 Å². The number of ether oxygens (including phenoxy) is 3. The van der Waals surface area contributed by atoms with E-state index in [0.717, 1.165) is 33.9 Å². The van der Waals surface area contributed by atoms with Crippen LogP contribution in [0.25, 0.3) is 22.4 Å². The quantitative estimate of drug-likeness (QED) is 0.540. The highest BCUT2D eigenvalue weighted by atomic mass is 16.5. The third-order valence-electron chi connectivity index (χ3n) is 4.66. The highest BCUT2D eigenvalue weighted by Gasteiger charge is 2.22. The zero-order valence-electron chi connectivity index (χ0n) is 16.7. The van der Waals surface area contributed by atoms with E-state index in [-0.39, 0.29) is 5.97 Å². The van der Waals surface area contributed by atoms with E-state index in [2.05, 4.69) is 0 Å². The summed E-state index contributed by atoms with van der Waals surface area (Å²) in [4.78, 5) is 12.6. The summed E-state index contributed by atoms with van der Waals surface area (Å²) in [5, 5.41) is 0. The van der Waals surface area contributed by atoms with Crippen LogP contribution in [0.15, 0.2) is 54.6 Å². The summed E-state index contributed by atoms with van der Waals surface area (Å²) in [5.41, 5.74) is 4.49.